The Morgan fingerprint density at radius 3 is 1.83 bits per heavy atom. The van der Waals surface area contributed by atoms with Gasteiger partial charge in [0.2, 0.25) is 0 Å². The van der Waals surface area contributed by atoms with Gasteiger partial charge in [0.1, 0.15) is 0 Å². The highest BCUT2D eigenvalue weighted by Crippen LogP contribution is 2.26. The second-order valence-electron chi connectivity index (χ2n) is 5.43. The molecule has 0 aromatic heterocycles. The quantitative estimate of drug-likeness (QED) is 0.614. The maximum absolute atomic E-state index is 12.4. The highest BCUT2D eigenvalue weighted by atomic mass is 35.5. The van der Waals surface area contributed by atoms with Crippen molar-refractivity contribution in [3.63, 3.8) is 0 Å². The van der Waals surface area contributed by atoms with Crippen molar-refractivity contribution in [2.45, 2.75) is 5.92 Å². The monoisotopic (exact) mass is 331 g/mol. The summed E-state index contributed by atoms with van der Waals surface area (Å²) < 4.78 is 0. The van der Waals surface area contributed by atoms with Crippen LogP contribution in [-0.2, 0) is 0 Å². The lowest BCUT2D eigenvalue weighted by molar-refractivity contribution is 0.103. The molecule has 1 atom stereocenters. The summed E-state index contributed by atoms with van der Waals surface area (Å²) in [4.78, 5) is 12.4. The first-order valence-corrected chi connectivity index (χ1v) is 7.91. The molecule has 0 amide bonds. The number of halogens is 1. The highest BCUT2D eigenvalue weighted by Gasteiger charge is 2.15. The molecule has 116 valence electrons. The van der Waals surface area contributed by atoms with E-state index in [1.54, 1.807) is 36.4 Å². The Morgan fingerprint density at radius 1 is 0.792 bits per heavy atom. The summed E-state index contributed by atoms with van der Waals surface area (Å²) in [5.41, 5.74) is 2.99. The van der Waals surface area contributed by atoms with Crippen LogP contribution in [0.3, 0.4) is 0 Å². The minimum atomic E-state index is -0.386. The van der Waals surface area contributed by atoms with E-state index in [9.17, 15) is 10.1 Å². The molecule has 0 aliphatic carbocycles. The molecular formula is C21H14ClNO. The summed E-state index contributed by atoms with van der Waals surface area (Å²) in [5, 5.41) is 10.1. The van der Waals surface area contributed by atoms with Crippen LogP contribution >= 0.6 is 11.6 Å². The zero-order chi connectivity index (χ0) is 16.9. The van der Waals surface area contributed by atoms with Gasteiger partial charge in [0.15, 0.2) is 5.78 Å². The first kappa shape index (κ1) is 16.0. The van der Waals surface area contributed by atoms with Gasteiger partial charge in [0.05, 0.1) is 12.0 Å². The van der Waals surface area contributed by atoms with Crippen molar-refractivity contribution in [3.05, 3.63) is 106 Å². The second-order valence-corrected chi connectivity index (χ2v) is 5.87. The van der Waals surface area contributed by atoms with Crippen LogP contribution in [0.5, 0.6) is 0 Å². The number of nitriles is 1. The Bertz CT molecular complexity index is 878. The molecule has 24 heavy (non-hydrogen) atoms. The van der Waals surface area contributed by atoms with E-state index in [0.29, 0.717) is 16.1 Å². The van der Waals surface area contributed by atoms with E-state index in [4.69, 9.17) is 11.6 Å². The zero-order valence-electron chi connectivity index (χ0n) is 12.8. The van der Waals surface area contributed by atoms with Gasteiger partial charge in [-0.1, -0.05) is 78.3 Å². The van der Waals surface area contributed by atoms with Crippen molar-refractivity contribution in [1.82, 2.24) is 0 Å². The van der Waals surface area contributed by atoms with Gasteiger partial charge in [-0.05, 0) is 23.3 Å². The van der Waals surface area contributed by atoms with Crippen LogP contribution < -0.4 is 0 Å². The van der Waals surface area contributed by atoms with E-state index < -0.39 is 0 Å². The number of hydrogen-bond acceptors (Lipinski definition) is 2. The Labute approximate surface area is 145 Å². The normalized spacial score (nSPS) is 11.5. The van der Waals surface area contributed by atoms with Crippen LogP contribution in [0.2, 0.25) is 5.02 Å². The van der Waals surface area contributed by atoms with Crippen molar-refractivity contribution < 1.29 is 4.79 Å². The summed E-state index contributed by atoms with van der Waals surface area (Å²) in [7, 11) is 0. The van der Waals surface area contributed by atoms with Gasteiger partial charge in [-0.25, -0.2) is 0 Å². The van der Waals surface area contributed by atoms with E-state index in [2.05, 4.69) is 6.07 Å². The third-order valence-electron chi connectivity index (χ3n) is 3.87. The molecule has 0 heterocycles. The summed E-state index contributed by atoms with van der Waals surface area (Å²) in [6.45, 7) is 0. The Kier molecular flexibility index (Phi) is 4.74. The van der Waals surface area contributed by atoms with E-state index in [-0.39, 0.29) is 11.7 Å². The van der Waals surface area contributed by atoms with E-state index >= 15 is 0 Å². The zero-order valence-corrected chi connectivity index (χ0v) is 13.6. The third-order valence-corrected chi connectivity index (χ3v) is 4.13. The summed E-state index contributed by atoms with van der Waals surface area (Å²) in [6.07, 6.45) is 0. The molecule has 3 heteroatoms. The minimum absolute atomic E-state index is 0.0258. The lowest BCUT2D eigenvalue weighted by Gasteiger charge is -2.11. The van der Waals surface area contributed by atoms with Gasteiger partial charge < -0.3 is 0 Å². The number of carbonyl (C=O) groups excluding carboxylic acids is 1. The summed E-state index contributed by atoms with van der Waals surface area (Å²) in [6, 6.07) is 25.9. The largest absolute Gasteiger partial charge is 0.289 e. The molecule has 2 nitrogen and oxygen atoms in total. The van der Waals surface area contributed by atoms with Gasteiger partial charge in [0, 0.05) is 16.1 Å². The molecule has 1 unspecified atom stereocenters. The van der Waals surface area contributed by atoms with Gasteiger partial charge >= 0.3 is 0 Å². The number of rotatable bonds is 4. The van der Waals surface area contributed by atoms with Gasteiger partial charge in [0.25, 0.3) is 0 Å². The van der Waals surface area contributed by atoms with Crippen LogP contribution in [0.15, 0.2) is 78.9 Å². The molecule has 0 saturated carbocycles. The van der Waals surface area contributed by atoms with Crippen molar-refractivity contribution in [2.24, 2.45) is 0 Å². The first-order chi connectivity index (χ1) is 11.7. The third kappa shape index (κ3) is 3.37. The average Bonchev–Trinajstić information content (AvgIpc) is 2.64. The molecule has 0 aliphatic rings. The van der Waals surface area contributed by atoms with Gasteiger partial charge in [-0.3, -0.25) is 4.79 Å². The summed E-state index contributed by atoms with van der Waals surface area (Å²) >= 11 is 5.90. The number of benzene rings is 3. The second kappa shape index (κ2) is 7.12. The smallest absolute Gasteiger partial charge is 0.193 e. The molecule has 3 rings (SSSR count). The molecule has 3 aromatic rings. The molecule has 3 aromatic carbocycles. The van der Waals surface area contributed by atoms with Gasteiger partial charge in [-0.15, -0.1) is 0 Å². The maximum Gasteiger partial charge on any atom is 0.193 e. The molecular weight excluding hydrogens is 318 g/mol. The maximum atomic E-state index is 12.4. The van der Waals surface area contributed by atoms with Crippen LogP contribution in [-0.4, -0.2) is 5.78 Å². The van der Waals surface area contributed by atoms with Crippen LogP contribution in [0.25, 0.3) is 0 Å². The van der Waals surface area contributed by atoms with Gasteiger partial charge in [-0.2, -0.15) is 5.26 Å². The molecule has 0 fully saturated rings. The van der Waals surface area contributed by atoms with Crippen LogP contribution in [0.1, 0.15) is 33.0 Å². The fourth-order valence-corrected chi connectivity index (χ4v) is 2.71. The molecule has 0 radical (unpaired) electrons. The van der Waals surface area contributed by atoms with Crippen LogP contribution in [0, 0.1) is 11.3 Å². The number of hydrogen-bond donors (Lipinski definition) is 0. The van der Waals surface area contributed by atoms with Crippen molar-refractivity contribution in [2.75, 3.05) is 0 Å². The standard InChI is InChI=1S/C21H14ClNO/c22-19-12-10-16(11-13-19)20(14-23)15-6-8-18(9-7-15)21(24)17-4-2-1-3-5-17/h1-13,20H. The first-order valence-electron chi connectivity index (χ1n) is 7.54. The Hall–Kier alpha value is -2.89. The SMILES string of the molecule is N#CC(c1ccc(Cl)cc1)c1ccc(C(=O)c2ccccc2)cc1. The van der Waals surface area contributed by atoms with E-state index in [0.717, 1.165) is 11.1 Å². The predicted molar refractivity (Wildman–Crippen MR) is 95.2 cm³/mol. The lowest BCUT2D eigenvalue weighted by Crippen LogP contribution is -2.03. The predicted octanol–water partition coefficient (Wildman–Crippen LogP) is 5.23. The molecule has 0 spiro atoms. The number of carbonyl (C=O) groups is 1. The topological polar surface area (TPSA) is 40.9 Å². The number of nitrogens with zero attached hydrogens (tertiary/aromatic N) is 1. The Balaban J connectivity index is 1.87. The van der Waals surface area contributed by atoms with Crippen molar-refractivity contribution in [3.8, 4) is 6.07 Å². The molecule has 0 bridgehead atoms. The molecule has 0 aliphatic heterocycles. The van der Waals surface area contributed by atoms with E-state index in [1.807, 2.05) is 42.5 Å². The minimum Gasteiger partial charge on any atom is -0.289 e. The number of ketones is 1. The summed E-state index contributed by atoms with van der Waals surface area (Å²) in [5.74, 6) is -0.412. The average molecular weight is 332 g/mol. The molecule has 0 saturated heterocycles. The fourth-order valence-electron chi connectivity index (χ4n) is 2.58. The Morgan fingerprint density at radius 2 is 1.29 bits per heavy atom. The lowest BCUT2D eigenvalue weighted by atomic mass is 9.91. The highest BCUT2D eigenvalue weighted by molar-refractivity contribution is 6.30. The van der Waals surface area contributed by atoms with Crippen LogP contribution in [0.4, 0.5) is 0 Å². The van der Waals surface area contributed by atoms with E-state index in [1.165, 1.54) is 0 Å². The fraction of sp³-hybridized carbons (Fsp3) is 0.0476. The van der Waals surface area contributed by atoms with Crippen molar-refractivity contribution >= 4 is 17.4 Å². The molecule has 0 N–H and O–H groups in total. The van der Waals surface area contributed by atoms with Crippen molar-refractivity contribution in [1.29, 1.82) is 5.26 Å².